The second-order valence-corrected chi connectivity index (χ2v) is 4.80. The number of amides is 1. The summed E-state index contributed by atoms with van der Waals surface area (Å²) in [6, 6.07) is 3.59. The van der Waals surface area contributed by atoms with Gasteiger partial charge in [0, 0.05) is 32.1 Å². The number of aliphatic hydroxyl groups excluding tert-OH is 1. The summed E-state index contributed by atoms with van der Waals surface area (Å²) < 4.78 is 0. The number of hydrogen-bond acceptors (Lipinski definition) is 5. The van der Waals surface area contributed by atoms with Crippen LogP contribution in [-0.2, 0) is 4.79 Å². The Labute approximate surface area is 112 Å². The van der Waals surface area contributed by atoms with Crippen molar-refractivity contribution in [2.45, 2.75) is 19.4 Å². The molecule has 6 nitrogen and oxygen atoms in total. The average molecular weight is 264 g/mol. The number of nitrogens with zero attached hydrogens (tertiary/aromatic N) is 3. The molecular weight excluding hydrogens is 244 g/mol. The predicted molar refractivity (Wildman–Crippen MR) is 73.7 cm³/mol. The zero-order valence-electron chi connectivity index (χ0n) is 11.1. The molecule has 0 aliphatic carbocycles. The smallest absolute Gasteiger partial charge is 0.228 e. The summed E-state index contributed by atoms with van der Waals surface area (Å²) in [4.78, 5) is 20.0. The molecule has 1 aliphatic rings. The number of carbonyl (C=O) groups excluding carboxylic acids is 1. The Morgan fingerprint density at radius 1 is 1.42 bits per heavy atom. The van der Waals surface area contributed by atoms with Crippen molar-refractivity contribution in [3.05, 3.63) is 18.3 Å². The highest BCUT2D eigenvalue weighted by Crippen LogP contribution is 2.18. The fourth-order valence-corrected chi connectivity index (χ4v) is 2.23. The number of aromatic nitrogens is 1. The van der Waals surface area contributed by atoms with Gasteiger partial charge in [-0.15, -0.1) is 0 Å². The van der Waals surface area contributed by atoms with Gasteiger partial charge in [0.25, 0.3) is 0 Å². The van der Waals surface area contributed by atoms with Crippen LogP contribution in [0.25, 0.3) is 0 Å². The van der Waals surface area contributed by atoms with E-state index in [0.29, 0.717) is 25.3 Å². The molecule has 104 valence electrons. The van der Waals surface area contributed by atoms with E-state index in [2.05, 4.69) is 9.88 Å². The molecule has 0 radical (unpaired) electrons. The molecule has 3 N–H and O–H groups in total. The molecule has 2 rings (SSSR count). The highest BCUT2D eigenvalue weighted by Gasteiger charge is 2.24. The predicted octanol–water partition coefficient (Wildman–Crippen LogP) is 0.0833. The Kier molecular flexibility index (Phi) is 4.34. The van der Waals surface area contributed by atoms with Crippen molar-refractivity contribution >= 4 is 17.4 Å². The summed E-state index contributed by atoms with van der Waals surface area (Å²) in [6.45, 7) is 4.11. The molecule has 1 amide bonds. The van der Waals surface area contributed by atoms with Crippen LogP contribution in [0, 0.1) is 0 Å². The van der Waals surface area contributed by atoms with Crippen molar-refractivity contribution in [1.82, 2.24) is 9.88 Å². The maximum Gasteiger partial charge on any atom is 0.228 e. The van der Waals surface area contributed by atoms with Crippen molar-refractivity contribution in [1.29, 1.82) is 0 Å². The molecule has 0 bridgehead atoms. The zero-order chi connectivity index (χ0) is 13.8. The zero-order valence-corrected chi connectivity index (χ0v) is 11.1. The van der Waals surface area contributed by atoms with E-state index in [1.165, 1.54) is 0 Å². The van der Waals surface area contributed by atoms with Gasteiger partial charge in [0.05, 0.1) is 18.5 Å². The molecule has 0 unspecified atom stereocenters. The third-order valence-electron chi connectivity index (χ3n) is 3.49. The first kappa shape index (κ1) is 13.8. The average Bonchev–Trinajstić information content (AvgIpc) is 2.61. The van der Waals surface area contributed by atoms with Crippen LogP contribution < -0.4 is 10.6 Å². The van der Waals surface area contributed by atoms with Gasteiger partial charge in [0.1, 0.15) is 5.82 Å². The van der Waals surface area contributed by atoms with Crippen LogP contribution >= 0.6 is 0 Å². The standard InChI is InChI=1S/C13H20N4O2/c1-10(9-18)16-5-4-13(19)17(7-6-16)11-2-3-12(14)15-8-11/h2-3,8,10,18H,4-7,9H2,1H3,(H2,14,15)/t10-/m1/s1. The number of aliphatic hydroxyl groups is 1. The van der Waals surface area contributed by atoms with Gasteiger partial charge in [-0.05, 0) is 19.1 Å². The summed E-state index contributed by atoms with van der Waals surface area (Å²) in [5.41, 5.74) is 6.33. The fraction of sp³-hybridized carbons (Fsp3) is 0.538. The number of nitrogens with two attached hydrogens (primary N) is 1. The molecule has 1 fully saturated rings. The molecule has 1 aromatic heterocycles. The van der Waals surface area contributed by atoms with Crippen molar-refractivity contribution < 1.29 is 9.90 Å². The van der Waals surface area contributed by atoms with Crippen molar-refractivity contribution in [2.24, 2.45) is 0 Å². The summed E-state index contributed by atoms with van der Waals surface area (Å²) in [5, 5.41) is 9.19. The van der Waals surface area contributed by atoms with Gasteiger partial charge in [-0.1, -0.05) is 0 Å². The van der Waals surface area contributed by atoms with Crippen LogP contribution in [0.2, 0.25) is 0 Å². The monoisotopic (exact) mass is 264 g/mol. The molecule has 0 aromatic carbocycles. The second-order valence-electron chi connectivity index (χ2n) is 4.80. The molecular formula is C13H20N4O2. The lowest BCUT2D eigenvalue weighted by molar-refractivity contribution is -0.118. The molecule has 19 heavy (non-hydrogen) atoms. The Morgan fingerprint density at radius 3 is 2.84 bits per heavy atom. The van der Waals surface area contributed by atoms with Gasteiger partial charge in [-0.2, -0.15) is 0 Å². The van der Waals surface area contributed by atoms with E-state index in [1.807, 2.05) is 13.0 Å². The van der Waals surface area contributed by atoms with Gasteiger partial charge >= 0.3 is 0 Å². The minimum atomic E-state index is 0.0808. The Hall–Kier alpha value is -1.66. The quantitative estimate of drug-likeness (QED) is 0.808. The van der Waals surface area contributed by atoms with Gasteiger partial charge < -0.3 is 15.7 Å². The number of nitrogen functional groups attached to an aromatic ring is 1. The first-order valence-corrected chi connectivity index (χ1v) is 6.48. The van der Waals surface area contributed by atoms with Crippen LogP contribution in [0.5, 0.6) is 0 Å². The lowest BCUT2D eigenvalue weighted by Crippen LogP contribution is -2.38. The van der Waals surface area contributed by atoms with Crippen LogP contribution in [0.3, 0.4) is 0 Å². The Morgan fingerprint density at radius 2 is 2.21 bits per heavy atom. The van der Waals surface area contributed by atoms with E-state index < -0.39 is 0 Å². The van der Waals surface area contributed by atoms with E-state index >= 15 is 0 Å². The van der Waals surface area contributed by atoms with Crippen LogP contribution in [-0.4, -0.2) is 53.2 Å². The summed E-state index contributed by atoms with van der Waals surface area (Å²) >= 11 is 0. The maximum absolute atomic E-state index is 12.1. The topological polar surface area (TPSA) is 82.7 Å². The fourth-order valence-electron chi connectivity index (χ4n) is 2.23. The minimum Gasteiger partial charge on any atom is -0.395 e. The number of pyridine rings is 1. The minimum absolute atomic E-state index is 0.0808. The number of rotatable bonds is 3. The first-order chi connectivity index (χ1) is 9.11. The van der Waals surface area contributed by atoms with E-state index in [0.717, 1.165) is 12.2 Å². The van der Waals surface area contributed by atoms with Gasteiger partial charge in [0.2, 0.25) is 5.91 Å². The number of anilines is 2. The number of hydrogen-bond donors (Lipinski definition) is 2. The normalized spacial score (nSPS) is 19.3. The van der Waals surface area contributed by atoms with Gasteiger partial charge in [0.15, 0.2) is 0 Å². The lowest BCUT2D eigenvalue weighted by atomic mass is 10.3. The van der Waals surface area contributed by atoms with E-state index in [4.69, 9.17) is 5.73 Å². The largest absolute Gasteiger partial charge is 0.395 e. The molecule has 1 aromatic rings. The highest BCUT2D eigenvalue weighted by molar-refractivity contribution is 5.93. The number of carbonyl (C=O) groups is 1. The molecule has 0 spiro atoms. The molecule has 0 saturated carbocycles. The van der Waals surface area contributed by atoms with E-state index in [1.54, 1.807) is 17.2 Å². The third kappa shape index (κ3) is 3.21. The third-order valence-corrected chi connectivity index (χ3v) is 3.49. The molecule has 1 atom stereocenters. The second kappa shape index (κ2) is 5.99. The van der Waals surface area contributed by atoms with Crippen LogP contribution in [0.4, 0.5) is 11.5 Å². The molecule has 1 saturated heterocycles. The molecule has 6 heteroatoms. The van der Waals surface area contributed by atoms with Crippen molar-refractivity contribution in [2.75, 3.05) is 36.9 Å². The van der Waals surface area contributed by atoms with E-state index in [9.17, 15) is 9.90 Å². The van der Waals surface area contributed by atoms with Crippen molar-refractivity contribution in [3.8, 4) is 0 Å². The highest BCUT2D eigenvalue weighted by atomic mass is 16.3. The van der Waals surface area contributed by atoms with Gasteiger partial charge in [-0.25, -0.2) is 4.98 Å². The van der Waals surface area contributed by atoms with Crippen LogP contribution in [0.1, 0.15) is 13.3 Å². The summed E-state index contributed by atoms with van der Waals surface area (Å²) in [5.74, 6) is 0.528. The SMILES string of the molecule is C[C@H](CO)N1CCC(=O)N(c2ccc(N)nc2)CC1. The van der Waals surface area contributed by atoms with Crippen LogP contribution in [0.15, 0.2) is 18.3 Å². The van der Waals surface area contributed by atoms with Crippen molar-refractivity contribution in [3.63, 3.8) is 0 Å². The molecule has 1 aliphatic heterocycles. The summed E-state index contributed by atoms with van der Waals surface area (Å²) in [7, 11) is 0. The molecule has 2 heterocycles. The maximum atomic E-state index is 12.1. The first-order valence-electron chi connectivity index (χ1n) is 6.48. The Balaban J connectivity index is 2.10. The lowest BCUT2D eigenvalue weighted by Gasteiger charge is -2.26. The summed E-state index contributed by atoms with van der Waals surface area (Å²) in [6.07, 6.45) is 2.08. The van der Waals surface area contributed by atoms with E-state index in [-0.39, 0.29) is 18.6 Å². The Bertz CT molecular complexity index is 435. The van der Waals surface area contributed by atoms with Gasteiger partial charge in [-0.3, -0.25) is 9.69 Å².